The summed E-state index contributed by atoms with van der Waals surface area (Å²) in [7, 11) is 0. The smallest absolute Gasteiger partial charge is 0.490 e. The Morgan fingerprint density at radius 3 is 1.93 bits per heavy atom. The second-order valence-corrected chi connectivity index (χ2v) is 10.6. The average molecular weight is 626 g/mol. The predicted molar refractivity (Wildman–Crippen MR) is 158 cm³/mol. The molecule has 0 radical (unpaired) electrons. The molecule has 1 atom stereocenters. The lowest BCUT2D eigenvalue weighted by molar-refractivity contribution is -0.389. The van der Waals surface area contributed by atoms with Gasteiger partial charge in [0.1, 0.15) is 42.8 Å². The summed E-state index contributed by atoms with van der Waals surface area (Å²) in [5.74, 6) is 0.893. The second kappa shape index (κ2) is 12.8. The van der Waals surface area contributed by atoms with Crippen LogP contribution in [0, 0.1) is 10.1 Å². The van der Waals surface area contributed by atoms with E-state index in [1.807, 2.05) is 48.5 Å². The maximum absolute atomic E-state index is 12.3. The van der Waals surface area contributed by atoms with Crippen molar-refractivity contribution in [1.82, 2.24) is 9.55 Å². The topological polar surface area (TPSA) is 104 Å². The van der Waals surface area contributed by atoms with E-state index in [2.05, 4.69) is 19.5 Å². The molecule has 0 N–H and O–H groups in total. The van der Waals surface area contributed by atoms with Crippen molar-refractivity contribution in [3.63, 3.8) is 0 Å². The standard InChI is InChI=1S/C31H30F3N5O6/c32-31(33,34)45-27-7-1-22(2-8-27)20-42-25-9-3-23(4-10-25)36-15-17-37(18-16-36)24-5-11-26(12-6-24)43-21-28-13-14-38-19-29(39(40)41)35-30(38)44-28/h1-12,19,28H,13-18,20-21H2/t28-/m1/s1. The van der Waals surface area contributed by atoms with Crippen molar-refractivity contribution in [1.29, 1.82) is 0 Å². The molecule has 0 aliphatic carbocycles. The molecule has 2 aliphatic heterocycles. The molecule has 1 saturated heterocycles. The van der Waals surface area contributed by atoms with Gasteiger partial charge >= 0.3 is 18.2 Å². The number of fused-ring (bicyclic) bond motifs is 1. The number of anilines is 2. The van der Waals surface area contributed by atoms with Crippen LogP contribution in [0.25, 0.3) is 0 Å². The summed E-state index contributed by atoms with van der Waals surface area (Å²) in [5, 5.41) is 11.0. The number of nitrogens with zero attached hydrogens (tertiary/aromatic N) is 5. The van der Waals surface area contributed by atoms with E-state index < -0.39 is 11.3 Å². The minimum Gasteiger partial charge on any atom is -0.490 e. The molecule has 0 spiro atoms. The van der Waals surface area contributed by atoms with Crippen molar-refractivity contribution in [2.24, 2.45) is 0 Å². The van der Waals surface area contributed by atoms with Crippen molar-refractivity contribution in [2.75, 3.05) is 42.6 Å². The van der Waals surface area contributed by atoms with E-state index in [1.165, 1.54) is 30.5 Å². The summed E-state index contributed by atoms with van der Waals surface area (Å²) in [6.45, 7) is 4.51. The van der Waals surface area contributed by atoms with Gasteiger partial charge in [0.05, 0.1) is 0 Å². The Morgan fingerprint density at radius 2 is 1.38 bits per heavy atom. The van der Waals surface area contributed by atoms with Crippen LogP contribution < -0.4 is 28.7 Å². The van der Waals surface area contributed by atoms with Gasteiger partial charge in [-0.05, 0) is 71.2 Å². The van der Waals surface area contributed by atoms with Crippen LogP contribution in [-0.2, 0) is 13.2 Å². The zero-order valence-electron chi connectivity index (χ0n) is 24.1. The summed E-state index contributed by atoms with van der Waals surface area (Å²) in [6.07, 6.45) is -2.91. The maximum Gasteiger partial charge on any atom is 0.573 e. The van der Waals surface area contributed by atoms with Gasteiger partial charge in [0, 0.05) is 55.5 Å². The van der Waals surface area contributed by atoms with Gasteiger partial charge in [-0.15, -0.1) is 13.2 Å². The highest BCUT2D eigenvalue weighted by Gasteiger charge is 2.31. The Bertz CT molecular complexity index is 1590. The Kier molecular flexibility index (Phi) is 8.54. The van der Waals surface area contributed by atoms with E-state index in [1.54, 1.807) is 4.57 Å². The normalized spacial score (nSPS) is 16.5. The Labute approximate surface area is 256 Å². The van der Waals surface area contributed by atoms with Gasteiger partial charge in [-0.3, -0.25) is 4.57 Å². The SMILES string of the molecule is O=[N+]([O-])c1cn2c(n1)O[C@@H](COc1ccc(N3CCN(c4ccc(OCc5ccc(OC(F)(F)F)cc5)cc4)CC3)cc1)CC2. The molecule has 14 heteroatoms. The minimum atomic E-state index is -4.72. The third kappa shape index (κ3) is 7.69. The number of nitro groups is 1. The number of benzene rings is 3. The number of aromatic nitrogens is 2. The highest BCUT2D eigenvalue weighted by atomic mass is 19.4. The molecule has 2 aliphatic rings. The van der Waals surface area contributed by atoms with Crippen LogP contribution in [0.3, 0.4) is 0 Å². The molecule has 0 bridgehead atoms. The number of alkyl halides is 3. The molecule has 3 aromatic carbocycles. The van der Waals surface area contributed by atoms with Crippen molar-refractivity contribution in [2.45, 2.75) is 32.0 Å². The molecule has 1 aromatic heterocycles. The predicted octanol–water partition coefficient (Wildman–Crippen LogP) is 5.83. The monoisotopic (exact) mass is 625 g/mol. The molecule has 45 heavy (non-hydrogen) atoms. The number of halogens is 3. The lowest BCUT2D eigenvalue weighted by Crippen LogP contribution is -2.46. The van der Waals surface area contributed by atoms with E-state index in [0.717, 1.165) is 48.9 Å². The molecular weight excluding hydrogens is 595 g/mol. The van der Waals surface area contributed by atoms with Gasteiger partial charge in [-0.25, -0.2) is 0 Å². The third-order valence-electron chi connectivity index (χ3n) is 7.56. The molecule has 0 saturated carbocycles. The van der Waals surface area contributed by atoms with Crippen LogP contribution in [0.4, 0.5) is 30.4 Å². The summed E-state index contributed by atoms with van der Waals surface area (Å²) in [4.78, 5) is 19.0. The number of aryl methyl sites for hydroxylation is 1. The summed E-state index contributed by atoms with van der Waals surface area (Å²) >= 11 is 0. The Balaban J connectivity index is 0.932. The van der Waals surface area contributed by atoms with Gasteiger partial charge in [-0.2, -0.15) is 0 Å². The number of ether oxygens (including phenoxy) is 4. The number of hydrogen-bond acceptors (Lipinski definition) is 9. The first-order chi connectivity index (χ1) is 21.7. The maximum atomic E-state index is 12.3. The van der Waals surface area contributed by atoms with Gasteiger partial charge in [0.25, 0.3) is 0 Å². The fourth-order valence-electron chi connectivity index (χ4n) is 5.21. The van der Waals surface area contributed by atoms with E-state index >= 15 is 0 Å². The number of imidazole rings is 1. The first-order valence-electron chi connectivity index (χ1n) is 14.4. The third-order valence-corrected chi connectivity index (χ3v) is 7.56. The van der Waals surface area contributed by atoms with Gasteiger partial charge in [0.15, 0.2) is 0 Å². The lowest BCUT2D eigenvalue weighted by Gasteiger charge is -2.37. The summed E-state index contributed by atoms with van der Waals surface area (Å²) in [5.41, 5.74) is 2.92. The van der Waals surface area contributed by atoms with Crippen molar-refractivity contribution >= 4 is 17.2 Å². The largest absolute Gasteiger partial charge is 0.573 e. The van der Waals surface area contributed by atoms with E-state index in [9.17, 15) is 23.3 Å². The zero-order chi connectivity index (χ0) is 31.4. The molecule has 0 unspecified atom stereocenters. The number of piperazine rings is 1. The fourth-order valence-corrected chi connectivity index (χ4v) is 5.21. The molecule has 236 valence electrons. The highest BCUT2D eigenvalue weighted by Crippen LogP contribution is 2.28. The summed E-state index contributed by atoms with van der Waals surface area (Å²) in [6, 6.07) is 21.6. The number of rotatable bonds is 10. The van der Waals surface area contributed by atoms with Gasteiger partial charge in [-0.1, -0.05) is 12.1 Å². The zero-order valence-corrected chi connectivity index (χ0v) is 24.1. The quantitative estimate of drug-likeness (QED) is 0.159. The molecular formula is C31H30F3N5O6. The van der Waals surface area contributed by atoms with Crippen LogP contribution in [-0.4, -0.2) is 59.7 Å². The molecule has 4 aromatic rings. The fraction of sp³-hybridized carbons (Fsp3) is 0.323. The molecule has 11 nitrogen and oxygen atoms in total. The highest BCUT2D eigenvalue weighted by molar-refractivity contribution is 5.54. The van der Waals surface area contributed by atoms with Crippen LogP contribution in [0.5, 0.6) is 23.3 Å². The average Bonchev–Trinajstić information content (AvgIpc) is 3.48. The first kappa shape index (κ1) is 29.9. The molecule has 3 heterocycles. The minimum absolute atomic E-state index is 0.224. The second-order valence-electron chi connectivity index (χ2n) is 10.6. The molecule has 0 amide bonds. The lowest BCUT2D eigenvalue weighted by atomic mass is 10.2. The van der Waals surface area contributed by atoms with Gasteiger partial charge < -0.3 is 38.9 Å². The Morgan fingerprint density at radius 1 is 0.822 bits per heavy atom. The van der Waals surface area contributed by atoms with Crippen LogP contribution in [0.1, 0.15) is 12.0 Å². The number of hydrogen-bond donors (Lipinski definition) is 0. The first-order valence-corrected chi connectivity index (χ1v) is 14.4. The van der Waals surface area contributed by atoms with Crippen molar-refractivity contribution < 1.29 is 37.0 Å². The molecule has 1 fully saturated rings. The Hall–Kier alpha value is -5.14. The van der Waals surface area contributed by atoms with Gasteiger partial charge in [0.2, 0.25) is 0 Å². The van der Waals surface area contributed by atoms with Crippen molar-refractivity contribution in [3.8, 4) is 23.3 Å². The van der Waals surface area contributed by atoms with E-state index in [0.29, 0.717) is 25.3 Å². The van der Waals surface area contributed by atoms with Crippen LogP contribution in [0.15, 0.2) is 79.0 Å². The van der Waals surface area contributed by atoms with Crippen LogP contribution >= 0.6 is 0 Å². The van der Waals surface area contributed by atoms with Crippen LogP contribution in [0.2, 0.25) is 0 Å². The van der Waals surface area contributed by atoms with E-state index in [4.69, 9.17) is 14.2 Å². The van der Waals surface area contributed by atoms with Crippen molar-refractivity contribution in [3.05, 3.63) is 94.7 Å². The summed E-state index contributed by atoms with van der Waals surface area (Å²) < 4.78 is 60.0. The van der Waals surface area contributed by atoms with E-state index in [-0.39, 0.29) is 30.3 Å². The molecule has 6 rings (SSSR count).